The van der Waals surface area contributed by atoms with Gasteiger partial charge in [0.25, 0.3) is 0 Å². The Morgan fingerprint density at radius 3 is 2.75 bits per heavy atom. The lowest BCUT2D eigenvalue weighted by atomic mass is 9.94. The fourth-order valence-corrected chi connectivity index (χ4v) is 3.50. The lowest BCUT2D eigenvalue weighted by molar-refractivity contribution is -0.143. The van der Waals surface area contributed by atoms with Gasteiger partial charge in [0, 0.05) is 18.7 Å². The van der Waals surface area contributed by atoms with Crippen LogP contribution in [-0.2, 0) is 16.1 Å². The second-order valence-corrected chi connectivity index (χ2v) is 5.99. The maximum atomic E-state index is 11.9. The highest BCUT2D eigenvalue weighted by atomic mass is 16.5. The van der Waals surface area contributed by atoms with Crippen molar-refractivity contribution in [3.05, 3.63) is 17.7 Å². The molecule has 2 aliphatic rings. The normalized spacial score (nSPS) is 24.4. The van der Waals surface area contributed by atoms with Gasteiger partial charge in [0.05, 0.1) is 18.7 Å². The molecule has 0 amide bonds. The van der Waals surface area contributed by atoms with Gasteiger partial charge in [0.1, 0.15) is 5.82 Å². The Morgan fingerprint density at radius 2 is 2.05 bits per heavy atom. The van der Waals surface area contributed by atoms with Crippen molar-refractivity contribution in [1.29, 1.82) is 0 Å². The molecular formula is C15H23N3O2. The van der Waals surface area contributed by atoms with Gasteiger partial charge in [0.2, 0.25) is 0 Å². The molecular weight excluding hydrogens is 254 g/mol. The highest BCUT2D eigenvalue weighted by Crippen LogP contribution is 2.34. The van der Waals surface area contributed by atoms with Gasteiger partial charge < -0.3 is 14.2 Å². The summed E-state index contributed by atoms with van der Waals surface area (Å²) >= 11 is 0. The largest absolute Gasteiger partial charge is 0.469 e. The van der Waals surface area contributed by atoms with Gasteiger partial charge in [-0.15, -0.1) is 0 Å². The van der Waals surface area contributed by atoms with Crippen LogP contribution >= 0.6 is 0 Å². The number of likely N-dealkylation sites (tertiary alicyclic amines) is 1. The van der Waals surface area contributed by atoms with Crippen LogP contribution in [0.5, 0.6) is 0 Å². The Kier molecular flexibility index (Phi) is 3.78. The van der Waals surface area contributed by atoms with E-state index in [1.54, 1.807) is 0 Å². The minimum absolute atomic E-state index is 0.124. The van der Waals surface area contributed by atoms with E-state index in [0.717, 1.165) is 51.0 Å². The Balaban J connectivity index is 1.85. The molecule has 1 fully saturated rings. The topological polar surface area (TPSA) is 47.4 Å². The van der Waals surface area contributed by atoms with E-state index >= 15 is 0 Å². The SMILES string of the molecule is COC(=O)C1CCCn2c1cnc2C1CCN(C)CC1. The van der Waals surface area contributed by atoms with Crippen LogP contribution in [0.2, 0.25) is 0 Å². The number of fused-ring (bicyclic) bond motifs is 1. The van der Waals surface area contributed by atoms with Crippen molar-refractivity contribution in [2.75, 3.05) is 27.2 Å². The minimum atomic E-state index is -0.124. The van der Waals surface area contributed by atoms with Gasteiger partial charge in [-0.2, -0.15) is 0 Å². The Morgan fingerprint density at radius 1 is 1.30 bits per heavy atom. The van der Waals surface area contributed by atoms with Crippen molar-refractivity contribution in [3.8, 4) is 0 Å². The molecule has 1 aromatic rings. The molecule has 2 aliphatic heterocycles. The molecule has 0 radical (unpaired) electrons. The zero-order chi connectivity index (χ0) is 14.1. The first-order chi connectivity index (χ1) is 9.70. The number of hydrogen-bond acceptors (Lipinski definition) is 4. The first kappa shape index (κ1) is 13.6. The van der Waals surface area contributed by atoms with Crippen LogP contribution in [0.3, 0.4) is 0 Å². The molecule has 5 heteroatoms. The molecule has 0 N–H and O–H groups in total. The van der Waals surface area contributed by atoms with Crippen molar-refractivity contribution in [2.45, 2.75) is 44.1 Å². The summed E-state index contributed by atoms with van der Waals surface area (Å²) in [5.74, 6) is 1.47. The molecule has 3 heterocycles. The third-order valence-electron chi connectivity index (χ3n) is 4.72. The lowest BCUT2D eigenvalue weighted by Crippen LogP contribution is -2.31. The number of esters is 1. The summed E-state index contributed by atoms with van der Waals surface area (Å²) in [4.78, 5) is 18.9. The molecule has 1 aromatic heterocycles. The molecule has 20 heavy (non-hydrogen) atoms. The van der Waals surface area contributed by atoms with Gasteiger partial charge in [-0.25, -0.2) is 4.98 Å². The number of nitrogens with zero attached hydrogens (tertiary/aromatic N) is 3. The van der Waals surface area contributed by atoms with E-state index in [4.69, 9.17) is 4.74 Å². The predicted molar refractivity (Wildman–Crippen MR) is 75.7 cm³/mol. The zero-order valence-electron chi connectivity index (χ0n) is 12.3. The third-order valence-corrected chi connectivity index (χ3v) is 4.72. The second kappa shape index (κ2) is 5.56. The van der Waals surface area contributed by atoms with E-state index in [-0.39, 0.29) is 11.9 Å². The van der Waals surface area contributed by atoms with Crippen LogP contribution in [0, 0.1) is 0 Å². The summed E-state index contributed by atoms with van der Waals surface area (Å²) < 4.78 is 7.21. The molecule has 3 rings (SSSR count). The first-order valence-corrected chi connectivity index (χ1v) is 7.52. The Bertz CT molecular complexity index is 489. The predicted octanol–water partition coefficient (Wildman–Crippen LogP) is 1.74. The molecule has 5 nitrogen and oxygen atoms in total. The molecule has 0 aromatic carbocycles. The molecule has 0 spiro atoms. The molecule has 0 saturated carbocycles. The number of aromatic nitrogens is 2. The number of hydrogen-bond donors (Lipinski definition) is 0. The van der Waals surface area contributed by atoms with Crippen molar-refractivity contribution < 1.29 is 9.53 Å². The summed E-state index contributed by atoms with van der Waals surface area (Å²) in [7, 11) is 3.64. The van der Waals surface area contributed by atoms with E-state index in [1.165, 1.54) is 12.9 Å². The highest BCUT2D eigenvalue weighted by Gasteiger charge is 2.32. The number of carbonyl (C=O) groups excluding carboxylic acids is 1. The van der Waals surface area contributed by atoms with Gasteiger partial charge in [-0.05, 0) is 45.8 Å². The molecule has 110 valence electrons. The first-order valence-electron chi connectivity index (χ1n) is 7.52. The molecule has 1 saturated heterocycles. The smallest absolute Gasteiger partial charge is 0.314 e. The van der Waals surface area contributed by atoms with Crippen LogP contribution in [0.4, 0.5) is 0 Å². The fourth-order valence-electron chi connectivity index (χ4n) is 3.50. The average molecular weight is 277 g/mol. The maximum Gasteiger partial charge on any atom is 0.314 e. The van der Waals surface area contributed by atoms with Gasteiger partial charge in [-0.1, -0.05) is 0 Å². The van der Waals surface area contributed by atoms with E-state index < -0.39 is 0 Å². The maximum absolute atomic E-state index is 11.9. The molecule has 0 aliphatic carbocycles. The highest BCUT2D eigenvalue weighted by molar-refractivity contribution is 5.77. The quantitative estimate of drug-likeness (QED) is 0.773. The van der Waals surface area contributed by atoms with Gasteiger partial charge in [-0.3, -0.25) is 4.79 Å². The van der Waals surface area contributed by atoms with Crippen molar-refractivity contribution in [2.24, 2.45) is 0 Å². The van der Waals surface area contributed by atoms with Crippen LogP contribution in [0.25, 0.3) is 0 Å². The lowest BCUT2D eigenvalue weighted by Gasteiger charge is -2.30. The summed E-state index contributed by atoms with van der Waals surface area (Å²) in [6.45, 7) is 3.26. The molecule has 0 bridgehead atoms. The Labute approximate surface area is 119 Å². The van der Waals surface area contributed by atoms with E-state index in [9.17, 15) is 4.79 Å². The fraction of sp³-hybridized carbons (Fsp3) is 0.733. The number of piperidine rings is 1. The van der Waals surface area contributed by atoms with E-state index in [0.29, 0.717) is 5.92 Å². The van der Waals surface area contributed by atoms with Crippen molar-refractivity contribution in [1.82, 2.24) is 14.5 Å². The minimum Gasteiger partial charge on any atom is -0.469 e. The van der Waals surface area contributed by atoms with Gasteiger partial charge >= 0.3 is 5.97 Å². The summed E-state index contributed by atoms with van der Waals surface area (Å²) in [5.41, 5.74) is 1.05. The monoisotopic (exact) mass is 277 g/mol. The number of imidazole rings is 1. The van der Waals surface area contributed by atoms with Crippen LogP contribution in [0.15, 0.2) is 6.20 Å². The van der Waals surface area contributed by atoms with Crippen LogP contribution < -0.4 is 0 Å². The molecule has 1 unspecified atom stereocenters. The van der Waals surface area contributed by atoms with E-state index in [1.807, 2.05) is 6.20 Å². The third kappa shape index (κ3) is 2.35. The van der Waals surface area contributed by atoms with Crippen molar-refractivity contribution >= 4 is 5.97 Å². The van der Waals surface area contributed by atoms with E-state index in [2.05, 4.69) is 21.5 Å². The average Bonchev–Trinajstić information content (AvgIpc) is 2.91. The number of methoxy groups -OCH3 is 1. The van der Waals surface area contributed by atoms with Crippen LogP contribution in [-0.4, -0.2) is 47.7 Å². The summed E-state index contributed by atoms with van der Waals surface area (Å²) in [6, 6.07) is 0. The second-order valence-electron chi connectivity index (χ2n) is 5.99. The Hall–Kier alpha value is -1.36. The summed E-state index contributed by atoms with van der Waals surface area (Å²) in [6.07, 6.45) is 6.13. The summed E-state index contributed by atoms with van der Waals surface area (Å²) in [5, 5.41) is 0. The zero-order valence-corrected chi connectivity index (χ0v) is 12.3. The number of carbonyl (C=O) groups is 1. The number of rotatable bonds is 2. The van der Waals surface area contributed by atoms with Gasteiger partial charge in [0.15, 0.2) is 0 Å². The van der Waals surface area contributed by atoms with Crippen LogP contribution in [0.1, 0.15) is 49.0 Å². The molecule has 1 atom stereocenters. The van der Waals surface area contributed by atoms with Crippen molar-refractivity contribution in [3.63, 3.8) is 0 Å². The number of ether oxygens (including phenoxy) is 1. The standard InChI is InChI=1S/C15H23N3O2/c1-17-8-5-11(6-9-17)14-16-10-13-12(15(19)20-2)4-3-7-18(13)14/h10-12H,3-9H2,1-2H3.